The smallest absolute Gasteiger partial charge is 0.306 e. The van der Waals surface area contributed by atoms with Crippen molar-refractivity contribution >= 4 is 5.97 Å². The van der Waals surface area contributed by atoms with Crippen LogP contribution in [-0.4, -0.2) is 11.6 Å². The fourth-order valence-corrected chi connectivity index (χ4v) is 4.38. The highest BCUT2D eigenvalue weighted by atomic mass is 16.6. The molecule has 5 atom stereocenters. The summed E-state index contributed by atoms with van der Waals surface area (Å²) in [6.07, 6.45) is 5.26. The molecule has 1 heterocycles. The van der Waals surface area contributed by atoms with Gasteiger partial charge in [0.25, 0.3) is 0 Å². The minimum Gasteiger partial charge on any atom is -0.459 e. The molecule has 0 radical (unpaired) electrons. The molecule has 5 unspecified atom stereocenters. The topological polar surface area (TPSA) is 26.3 Å². The zero-order valence-electron chi connectivity index (χ0n) is 9.66. The van der Waals surface area contributed by atoms with E-state index in [2.05, 4.69) is 13.8 Å². The van der Waals surface area contributed by atoms with E-state index in [4.69, 9.17) is 4.74 Å². The van der Waals surface area contributed by atoms with E-state index >= 15 is 0 Å². The summed E-state index contributed by atoms with van der Waals surface area (Å²) in [4.78, 5) is 11.5. The molecule has 0 aromatic carbocycles. The van der Waals surface area contributed by atoms with Crippen molar-refractivity contribution in [3.63, 3.8) is 0 Å². The van der Waals surface area contributed by atoms with Gasteiger partial charge in [-0.2, -0.15) is 0 Å². The van der Waals surface area contributed by atoms with Gasteiger partial charge in [0.15, 0.2) is 0 Å². The van der Waals surface area contributed by atoms with Crippen LogP contribution < -0.4 is 0 Å². The van der Waals surface area contributed by atoms with Gasteiger partial charge in [0, 0.05) is 12.3 Å². The number of hydrogen-bond donors (Lipinski definition) is 0. The minimum atomic E-state index is -0.0358. The number of carbonyl (C=O) groups excluding carboxylic acids is 1. The molecule has 0 N–H and O–H groups in total. The Bertz CT molecular complexity index is 297. The third-order valence-corrected chi connectivity index (χ3v) is 5.35. The van der Waals surface area contributed by atoms with E-state index in [1.54, 1.807) is 0 Å². The van der Waals surface area contributed by atoms with Gasteiger partial charge in [-0.3, -0.25) is 4.79 Å². The van der Waals surface area contributed by atoms with Crippen molar-refractivity contribution in [2.75, 3.05) is 0 Å². The molecule has 15 heavy (non-hydrogen) atoms. The number of rotatable bonds is 0. The third-order valence-electron chi connectivity index (χ3n) is 5.35. The Morgan fingerprint density at radius 1 is 1.33 bits per heavy atom. The summed E-state index contributed by atoms with van der Waals surface area (Å²) in [6, 6.07) is 0. The number of esters is 1. The first-order valence-electron chi connectivity index (χ1n) is 6.34. The predicted octanol–water partition coefficient (Wildman–Crippen LogP) is 2.76. The van der Waals surface area contributed by atoms with Gasteiger partial charge in [-0.05, 0) is 43.4 Å². The maximum Gasteiger partial charge on any atom is 0.306 e. The number of carbonyl (C=O) groups is 1. The van der Waals surface area contributed by atoms with Crippen LogP contribution in [0, 0.1) is 23.7 Å². The van der Waals surface area contributed by atoms with E-state index in [0.29, 0.717) is 12.3 Å². The predicted molar refractivity (Wildman–Crippen MR) is 57.2 cm³/mol. The lowest BCUT2D eigenvalue weighted by Crippen LogP contribution is -2.47. The summed E-state index contributed by atoms with van der Waals surface area (Å²) in [5.41, 5.74) is -0.0358. The van der Waals surface area contributed by atoms with Crippen LogP contribution >= 0.6 is 0 Å². The molecule has 3 rings (SSSR count). The normalized spacial score (nSPS) is 53.6. The van der Waals surface area contributed by atoms with E-state index in [9.17, 15) is 4.79 Å². The molecule has 2 saturated carbocycles. The summed E-state index contributed by atoms with van der Waals surface area (Å²) in [5, 5.41) is 0. The highest BCUT2D eigenvalue weighted by molar-refractivity contribution is 5.70. The Hall–Kier alpha value is -0.530. The van der Waals surface area contributed by atoms with Crippen LogP contribution in [-0.2, 0) is 9.53 Å². The summed E-state index contributed by atoms with van der Waals surface area (Å²) in [7, 11) is 0. The van der Waals surface area contributed by atoms with Crippen molar-refractivity contribution in [1.82, 2.24) is 0 Å². The van der Waals surface area contributed by atoms with Crippen molar-refractivity contribution in [2.24, 2.45) is 23.7 Å². The summed E-state index contributed by atoms with van der Waals surface area (Å²) in [5.74, 6) is 3.10. The summed E-state index contributed by atoms with van der Waals surface area (Å²) < 4.78 is 5.75. The van der Waals surface area contributed by atoms with Crippen LogP contribution in [0.1, 0.15) is 46.0 Å². The van der Waals surface area contributed by atoms with Crippen molar-refractivity contribution in [2.45, 2.75) is 51.6 Å². The molecule has 2 bridgehead atoms. The van der Waals surface area contributed by atoms with Crippen molar-refractivity contribution in [3.8, 4) is 0 Å². The number of fused-ring (bicyclic) bond motifs is 3. The zero-order chi connectivity index (χ0) is 10.6. The van der Waals surface area contributed by atoms with Gasteiger partial charge < -0.3 is 4.74 Å². The second kappa shape index (κ2) is 2.99. The quantitative estimate of drug-likeness (QED) is 0.572. The number of hydrogen-bond acceptors (Lipinski definition) is 2. The molecule has 1 aliphatic heterocycles. The highest BCUT2D eigenvalue weighted by Gasteiger charge is 2.59. The Morgan fingerprint density at radius 3 is 2.73 bits per heavy atom. The third kappa shape index (κ3) is 1.20. The summed E-state index contributed by atoms with van der Waals surface area (Å²) >= 11 is 0. The van der Waals surface area contributed by atoms with Crippen LogP contribution in [0.4, 0.5) is 0 Å². The first-order valence-corrected chi connectivity index (χ1v) is 6.34. The molecule has 0 aromatic rings. The molecule has 0 aromatic heterocycles. The van der Waals surface area contributed by atoms with Crippen LogP contribution in [0.5, 0.6) is 0 Å². The van der Waals surface area contributed by atoms with Crippen LogP contribution in [0.2, 0.25) is 0 Å². The lowest BCUT2D eigenvalue weighted by Gasteiger charge is -2.44. The molecule has 84 valence electrons. The molecule has 2 heteroatoms. The Balaban J connectivity index is 1.87. The first kappa shape index (κ1) is 9.68. The average Bonchev–Trinajstić information content (AvgIpc) is 2.66. The molecule has 1 spiro atoms. The van der Waals surface area contributed by atoms with E-state index in [1.165, 1.54) is 6.42 Å². The fraction of sp³-hybridized carbons (Fsp3) is 0.923. The fourth-order valence-electron chi connectivity index (χ4n) is 4.38. The molecular formula is C13H20O2. The Labute approximate surface area is 91.4 Å². The molecule has 2 nitrogen and oxygen atoms in total. The second-order valence-corrected chi connectivity index (χ2v) is 5.92. The Kier molecular flexibility index (Phi) is 1.93. The van der Waals surface area contributed by atoms with E-state index in [1.807, 2.05) is 0 Å². The van der Waals surface area contributed by atoms with Gasteiger partial charge in [0.1, 0.15) is 5.60 Å². The standard InChI is InChI=1S/C13H20O2/c1-8-9(2)11-6-10(8)7-13(11)5-3-4-12(14)15-13/h8-11H,3-7H2,1-2H3. The van der Waals surface area contributed by atoms with E-state index in [-0.39, 0.29) is 11.6 Å². The van der Waals surface area contributed by atoms with Gasteiger partial charge in [-0.1, -0.05) is 13.8 Å². The Morgan fingerprint density at radius 2 is 2.13 bits per heavy atom. The van der Waals surface area contributed by atoms with Gasteiger partial charge in [0.05, 0.1) is 0 Å². The van der Waals surface area contributed by atoms with Crippen LogP contribution in [0.15, 0.2) is 0 Å². The van der Waals surface area contributed by atoms with E-state index < -0.39 is 0 Å². The first-order chi connectivity index (χ1) is 7.12. The lowest BCUT2D eigenvalue weighted by atomic mass is 9.70. The average molecular weight is 208 g/mol. The minimum absolute atomic E-state index is 0.0358. The zero-order valence-corrected chi connectivity index (χ0v) is 9.66. The van der Waals surface area contributed by atoms with Gasteiger partial charge in [-0.15, -0.1) is 0 Å². The van der Waals surface area contributed by atoms with Crippen LogP contribution in [0.25, 0.3) is 0 Å². The summed E-state index contributed by atoms with van der Waals surface area (Å²) in [6.45, 7) is 4.71. The largest absolute Gasteiger partial charge is 0.459 e. The molecule has 3 fully saturated rings. The number of ether oxygens (including phenoxy) is 1. The van der Waals surface area contributed by atoms with Crippen molar-refractivity contribution in [3.05, 3.63) is 0 Å². The van der Waals surface area contributed by atoms with E-state index in [0.717, 1.165) is 37.0 Å². The van der Waals surface area contributed by atoms with Gasteiger partial charge in [0.2, 0.25) is 0 Å². The molecule has 1 saturated heterocycles. The highest BCUT2D eigenvalue weighted by Crippen LogP contribution is 2.60. The van der Waals surface area contributed by atoms with Crippen molar-refractivity contribution < 1.29 is 9.53 Å². The monoisotopic (exact) mass is 208 g/mol. The molecular weight excluding hydrogens is 188 g/mol. The van der Waals surface area contributed by atoms with Crippen LogP contribution in [0.3, 0.4) is 0 Å². The maximum absolute atomic E-state index is 11.5. The van der Waals surface area contributed by atoms with Gasteiger partial charge >= 0.3 is 5.97 Å². The lowest BCUT2D eigenvalue weighted by molar-refractivity contribution is -0.178. The second-order valence-electron chi connectivity index (χ2n) is 5.92. The molecule has 3 aliphatic rings. The molecule has 0 amide bonds. The SMILES string of the molecule is CC1C2CC(C1C)C1(CCCC(=O)O1)C2. The van der Waals surface area contributed by atoms with Gasteiger partial charge in [-0.25, -0.2) is 0 Å². The van der Waals surface area contributed by atoms with Crippen molar-refractivity contribution in [1.29, 1.82) is 0 Å². The maximum atomic E-state index is 11.5. The molecule has 2 aliphatic carbocycles.